The van der Waals surface area contributed by atoms with Crippen molar-refractivity contribution in [2.24, 2.45) is 11.3 Å². The van der Waals surface area contributed by atoms with Crippen molar-refractivity contribution in [3.8, 4) is 6.07 Å². The molecule has 1 saturated carbocycles. The summed E-state index contributed by atoms with van der Waals surface area (Å²) in [6.45, 7) is 2.22. The van der Waals surface area contributed by atoms with Crippen LogP contribution in [0.1, 0.15) is 40.9 Å². The molecule has 162 valence electrons. The highest BCUT2D eigenvalue weighted by Crippen LogP contribution is 2.59. The van der Waals surface area contributed by atoms with Gasteiger partial charge in [0, 0.05) is 42.9 Å². The number of likely N-dealkylation sites (tertiary alicyclic amines) is 1. The van der Waals surface area contributed by atoms with Gasteiger partial charge in [0.05, 0.1) is 18.1 Å². The number of nitrogens with zero attached hydrogens (tertiary/aromatic N) is 3. The zero-order chi connectivity index (χ0) is 22.1. The lowest BCUT2D eigenvalue weighted by molar-refractivity contribution is -0.132. The number of carbonyl (C=O) groups excluding carboxylic acids is 2. The second-order valence-corrected chi connectivity index (χ2v) is 8.99. The molecule has 1 spiro atoms. The van der Waals surface area contributed by atoms with E-state index in [2.05, 4.69) is 21.4 Å². The van der Waals surface area contributed by atoms with E-state index in [4.69, 9.17) is 5.26 Å². The first-order valence-electron chi connectivity index (χ1n) is 11.0. The number of nitrogens with one attached hydrogen (secondary N) is 2. The fraction of sp³-hybridized carbons (Fsp3) is 0.360. The fourth-order valence-corrected chi connectivity index (χ4v) is 4.92. The number of carbonyl (C=O) groups is 2. The first-order valence-corrected chi connectivity index (χ1v) is 11.0. The third-order valence-electron chi connectivity index (χ3n) is 7.08. The largest absolute Gasteiger partial charge is 0.350 e. The summed E-state index contributed by atoms with van der Waals surface area (Å²) in [5.74, 6) is 0.537. The van der Waals surface area contributed by atoms with Gasteiger partial charge < -0.3 is 15.2 Å². The molecule has 1 unspecified atom stereocenters. The van der Waals surface area contributed by atoms with Crippen molar-refractivity contribution in [2.45, 2.75) is 25.7 Å². The summed E-state index contributed by atoms with van der Waals surface area (Å²) >= 11 is 0. The molecule has 7 nitrogen and oxygen atoms in total. The Hall–Kier alpha value is -3.66. The summed E-state index contributed by atoms with van der Waals surface area (Å²) in [7, 11) is 0. The van der Waals surface area contributed by atoms with Crippen molar-refractivity contribution >= 4 is 22.7 Å². The summed E-state index contributed by atoms with van der Waals surface area (Å²) < 4.78 is 0. The number of hydrogen-bond acceptors (Lipinski definition) is 4. The highest BCUT2D eigenvalue weighted by molar-refractivity contribution is 5.97. The molecule has 2 N–H and O–H groups in total. The van der Waals surface area contributed by atoms with E-state index in [1.165, 1.54) is 0 Å². The third kappa shape index (κ3) is 3.96. The number of aromatic nitrogens is 2. The zero-order valence-corrected chi connectivity index (χ0v) is 17.8. The van der Waals surface area contributed by atoms with Crippen LogP contribution in [-0.4, -0.2) is 46.3 Å². The maximum Gasteiger partial charge on any atom is 0.267 e. The van der Waals surface area contributed by atoms with Gasteiger partial charge in [-0.1, -0.05) is 12.1 Å². The monoisotopic (exact) mass is 427 g/mol. The quantitative estimate of drug-likeness (QED) is 0.653. The average molecular weight is 428 g/mol. The van der Waals surface area contributed by atoms with Gasteiger partial charge in [0.2, 0.25) is 5.91 Å². The van der Waals surface area contributed by atoms with Gasteiger partial charge in [-0.2, -0.15) is 5.26 Å². The van der Waals surface area contributed by atoms with E-state index in [1.807, 2.05) is 29.2 Å². The lowest BCUT2D eigenvalue weighted by atomic mass is 9.90. The third-order valence-corrected chi connectivity index (χ3v) is 7.08. The van der Waals surface area contributed by atoms with Gasteiger partial charge in [0.25, 0.3) is 5.91 Å². The van der Waals surface area contributed by atoms with E-state index in [9.17, 15) is 9.59 Å². The number of aromatic amines is 1. The number of amides is 2. The van der Waals surface area contributed by atoms with Crippen LogP contribution in [0.3, 0.4) is 0 Å². The molecule has 2 fully saturated rings. The molecular weight excluding hydrogens is 402 g/mol. The van der Waals surface area contributed by atoms with Gasteiger partial charge in [0.1, 0.15) is 5.69 Å². The lowest BCUT2D eigenvalue weighted by Gasteiger charge is -2.33. The topological polar surface area (TPSA) is 102 Å². The second-order valence-electron chi connectivity index (χ2n) is 8.99. The van der Waals surface area contributed by atoms with Gasteiger partial charge in [-0.15, -0.1) is 0 Å². The maximum absolute atomic E-state index is 12.7. The second kappa shape index (κ2) is 8.12. The number of rotatable bonds is 5. The Labute approximate surface area is 186 Å². The van der Waals surface area contributed by atoms with Crippen molar-refractivity contribution in [2.75, 3.05) is 19.6 Å². The van der Waals surface area contributed by atoms with Crippen molar-refractivity contribution < 1.29 is 9.59 Å². The molecule has 1 atom stereocenters. The summed E-state index contributed by atoms with van der Waals surface area (Å²) in [5.41, 5.74) is 3.28. The van der Waals surface area contributed by atoms with Crippen molar-refractivity contribution in [3.63, 3.8) is 0 Å². The Bertz CT molecular complexity index is 1170. The van der Waals surface area contributed by atoms with Crippen LogP contribution >= 0.6 is 0 Å². The number of nitriles is 1. The number of piperidine rings is 1. The van der Waals surface area contributed by atoms with Gasteiger partial charge >= 0.3 is 0 Å². The molecule has 2 aromatic heterocycles. The first-order chi connectivity index (χ1) is 15.6. The number of hydrogen-bond donors (Lipinski definition) is 2. The van der Waals surface area contributed by atoms with Crippen LogP contribution < -0.4 is 5.32 Å². The molecule has 2 aliphatic rings. The first kappa shape index (κ1) is 20.3. The molecule has 7 heteroatoms. The summed E-state index contributed by atoms with van der Waals surface area (Å²) in [4.78, 5) is 34.4. The van der Waals surface area contributed by atoms with E-state index < -0.39 is 0 Å². The minimum Gasteiger partial charge on any atom is -0.350 e. The van der Waals surface area contributed by atoms with E-state index in [0.29, 0.717) is 30.1 Å². The standard InChI is InChI=1S/C25H25N5O2/c26-14-18-3-1-17(2-4-18)11-23(31)30-9-6-25(7-10-30)13-20(25)16-28-24(32)22-12-19-15-27-8-5-21(19)29-22/h1-5,8,12,15,20,29H,6-7,9-11,13,16H2,(H,28,32). The van der Waals surface area contributed by atoms with Crippen LogP contribution in [0.25, 0.3) is 10.9 Å². The zero-order valence-electron chi connectivity index (χ0n) is 17.8. The molecule has 1 aliphatic heterocycles. The number of pyridine rings is 1. The predicted molar refractivity (Wildman–Crippen MR) is 120 cm³/mol. The van der Waals surface area contributed by atoms with Crippen LogP contribution in [0, 0.1) is 22.7 Å². The Balaban J connectivity index is 1.09. The molecule has 1 saturated heterocycles. The molecule has 0 bridgehead atoms. The Morgan fingerprint density at radius 3 is 2.72 bits per heavy atom. The summed E-state index contributed by atoms with van der Waals surface area (Å²) in [5, 5.41) is 12.9. The van der Waals surface area contributed by atoms with Crippen LogP contribution in [-0.2, 0) is 11.2 Å². The van der Waals surface area contributed by atoms with Gasteiger partial charge in [-0.25, -0.2) is 0 Å². The number of H-pyrrole nitrogens is 1. The van der Waals surface area contributed by atoms with Gasteiger partial charge in [-0.3, -0.25) is 14.6 Å². The molecule has 0 radical (unpaired) electrons. The lowest BCUT2D eigenvalue weighted by Crippen LogP contribution is -2.41. The normalized spacial score (nSPS) is 19.0. The Kier molecular flexibility index (Phi) is 5.14. The van der Waals surface area contributed by atoms with E-state index in [-0.39, 0.29) is 17.2 Å². The van der Waals surface area contributed by atoms with E-state index in [1.54, 1.807) is 24.5 Å². The molecule has 5 rings (SSSR count). The van der Waals surface area contributed by atoms with Crippen molar-refractivity contribution in [1.82, 2.24) is 20.2 Å². The predicted octanol–water partition coefficient (Wildman–Crippen LogP) is 3.04. The minimum absolute atomic E-state index is 0.0849. The Morgan fingerprint density at radius 1 is 1.22 bits per heavy atom. The van der Waals surface area contributed by atoms with Crippen LogP contribution in [0.15, 0.2) is 48.8 Å². The van der Waals surface area contributed by atoms with E-state index in [0.717, 1.165) is 48.8 Å². The SMILES string of the molecule is N#Cc1ccc(CC(=O)N2CCC3(CC2)CC3CNC(=O)c2cc3cnccc3[nH]2)cc1. The van der Waals surface area contributed by atoms with Crippen molar-refractivity contribution in [1.29, 1.82) is 5.26 Å². The fourth-order valence-electron chi connectivity index (χ4n) is 4.92. The highest BCUT2D eigenvalue weighted by Gasteiger charge is 2.54. The average Bonchev–Trinajstić information content (AvgIpc) is 3.29. The molecule has 3 aromatic rings. The minimum atomic E-state index is -0.0849. The van der Waals surface area contributed by atoms with Crippen LogP contribution in [0.5, 0.6) is 0 Å². The van der Waals surface area contributed by atoms with Crippen LogP contribution in [0.4, 0.5) is 0 Å². The van der Waals surface area contributed by atoms with Crippen LogP contribution in [0.2, 0.25) is 0 Å². The number of fused-ring (bicyclic) bond motifs is 1. The van der Waals surface area contributed by atoms with Gasteiger partial charge in [0.15, 0.2) is 0 Å². The van der Waals surface area contributed by atoms with Gasteiger partial charge in [-0.05, 0) is 60.4 Å². The molecule has 3 heterocycles. The molecule has 32 heavy (non-hydrogen) atoms. The van der Waals surface area contributed by atoms with E-state index >= 15 is 0 Å². The molecule has 1 aromatic carbocycles. The Morgan fingerprint density at radius 2 is 2.00 bits per heavy atom. The summed E-state index contributed by atoms with van der Waals surface area (Å²) in [6, 6.07) is 13.0. The smallest absolute Gasteiger partial charge is 0.267 e. The molecular formula is C25H25N5O2. The highest BCUT2D eigenvalue weighted by atomic mass is 16.2. The maximum atomic E-state index is 12.7. The van der Waals surface area contributed by atoms with Crippen molar-refractivity contribution in [3.05, 3.63) is 65.6 Å². The summed E-state index contributed by atoms with van der Waals surface area (Å²) in [6.07, 6.45) is 6.92. The number of benzene rings is 1. The molecule has 2 amide bonds. The molecule has 1 aliphatic carbocycles.